The number of anilines is 1. The summed E-state index contributed by atoms with van der Waals surface area (Å²) in [7, 11) is 0. The molecule has 3 heterocycles. The first-order valence-electron chi connectivity index (χ1n) is 16.9. The number of allylic oxidation sites excluding steroid dienone is 2. The normalized spacial score (nSPS) is 30.7. The van der Waals surface area contributed by atoms with Gasteiger partial charge in [0.25, 0.3) is 0 Å². The minimum Gasteiger partial charge on any atom is -0.505 e. The number of rotatable bonds is 5. The molecular weight excluding hydrogens is 609 g/mol. The third-order valence-corrected chi connectivity index (χ3v) is 11.8. The smallest absolute Gasteiger partial charge is 0.241 e. The van der Waals surface area contributed by atoms with Crippen molar-refractivity contribution in [2.45, 2.75) is 51.1 Å². The molecule has 2 aliphatic carbocycles. The van der Waals surface area contributed by atoms with Gasteiger partial charge in [0.15, 0.2) is 11.6 Å². The van der Waals surface area contributed by atoms with Crippen LogP contribution in [0.15, 0.2) is 90.5 Å². The van der Waals surface area contributed by atoms with Gasteiger partial charge in [-0.25, -0.2) is 9.29 Å². The van der Waals surface area contributed by atoms with Crippen LogP contribution < -0.4 is 4.90 Å². The second kappa shape index (κ2) is 11.5. The van der Waals surface area contributed by atoms with Crippen molar-refractivity contribution < 1.29 is 28.7 Å². The zero-order valence-corrected chi connectivity index (χ0v) is 26.8. The van der Waals surface area contributed by atoms with Crippen molar-refractivity contribution in [3.8, 4) is 5.75 Å². The van der Waals surface area contributed by atoms with Crippen LogP contribution in [-0.4, -0.2) is 57.7 Å². The number of imide groups is 2. The van der Waals surface area contributed by atoms with E-state index in [9.17, 15) is 28.7 Å². The van der Waals surface area contributed by atoms with Crippen LogP contribution in [0.4, 0.5) is 10.1 Å². The largest absolute Gasteiger partial charge is 0.505 e. The summed E-state index contributed by atoms with van der Waals surface area (Å²) in [4.78, 5) is 62.2. The lowest BCUT2D eigenvalue weighted by atomic mass is 9.51. The van der Waals surface area contributed by atoms with E-state index in [1.54, 1.807) is 43.3 Å². The van der Waals surface area contributed by atoms with Crippen molar-refractivity contribution >= 4 is 29.3 Å². The van der Waals surface area contributed by atoms with Crippen molar-refractivity contribution in [2.75, 3.05) is 18.0 Å². The molecule has 4 amide bonds. The Kier molecular flexibility index (Phi) is 7.36. The minimum absolute atomic E-state index is 0.167. The molecule has 6 atom stereocenters. The molecule has 9 heteroatoms. The molecule has 246 valence electrons. The first-order chi connectivity index (χ1) is 23.2. The quantitative estimate of drug-likeness (QED) is 0.293. The van der Waals surface area contributed by atoms with Gasteiger partial charge in [0, 0.05) is 37.2 Å². The topological polar surface area (TPSA) is 98.2 Å². The maximum absolute atomic E-state index is 14.9. The Morgan fingerprint density at radius 1 is 0.833 bits per heavy atom. The summed E-state index contributed by atoms with van der Waals surface area (Å²) >= 11 is 0. The molecule has 4 fully saturated rings. The molecule has 1 N–H and O–H groups in total. The predicted octanol–water partition coefficient (Wildman–Crippen LogP) is 5.43. The Morgan fingerprint density at radius 3 is 2.23 bits per heavy atom. The van der Waals surface area contributed by atoms with E-state index >= 15 is 0 Å². The number of aromatic hydroxyl groups is 1. The number of phenolic OH excluding ortho intramolecular Hbond substituents is 1. The number of para-hydroxylation sites is 2. The summed E-state index contributed by atoms with van der Waals surface area (Å²) in [5, 5.41) is 11.1. The molecule has 3 aliphatic heterocycles. The third kappa shape index (κ3) is 4.50. The zero-order valence-electron chi connectivity index (χ0n) is 26.8. The zero-order chi connectivity index (χ0) is 33.3. The summed E-state index contributed by atoms with van der Waals surface area (Å²) < 4.78 is 14.9. The second-order valence-electron chi connectivity index (χ2n) is 14.2. The Morgan fingerprint density at radius 2 is 1.52 bits per heavy atom. The second-order valence-corrected chi connectivity index (χ2v) is 14.2. The molecule has 0 spiro atoms. The van der Waals surface area contributed by atoms with Gasteiger partial charge in [0.05, 0.1) is 28.9 Å². The summed E-state index contributed by atoms with van der Waals surface area (Å²) in [5.41, 5.74) is 1.27. The maximum atomic E-state index is 14.9. The SMILES string of the molecule is CC12C(=O)N(c3ccccc3)C(=O)C1CC1C(=CCC3C(=O)N(C4CCN(Cc5ccccc5)CC4)C(=O)C31)C2c1cccc(F)c1O. The van der Waals surface area contributed by atoms with E-state index in [1.807, 2.05) is 24.3 Å². The Hall–Kier alpha value is -4.63. The van der Waals surface area contributed by atoms with E-state index in [2.05, 4.69) is 17.0 Å². The lowest BCUT2D eigenvalue weighted by molar-refractivity contribution is -0.144. The molecule has 6 unspecified atom stereocenters. The lowest BCUT2D eigenvalue weighted by Crippen LogP contribution is -2.49. The van der Waals surface area contributed by atoms with Crippen LogP contribution in [-0.2, 0) is 25.7 Å². The summed E-state index contributed by atoms with van der Waals surface area (Å²) in [6.45, 7) is 4.09. The van der Waals surface area contributed by atoms with Gasteiger partial charge < -0.3 is 5.11 Å². The first-order valence-corrected chi connectivity index (χ1v) is 16.9. The number of phenols is 1. The Bertz CT molecular complexity index is 1840. The third-order valence-electron chi connectivity index (χ3n) is 11.8. The maximum Gasteiger partial charge on any atom is 0.241 e. The van der Waals surface area contributed by atoms with Gasteiger partial charge in [0.2, 0.25) is 23.6 Å². The molecule has 1 saturated carbocycles. The van der Waals surface area contributed by atoms with Crippen molar-refractivity contribution in [3.05, 3.63) is 107 Å². The lowest BCUT2D eigenvalue weighted by Gasteiger charge is -2.49. The molecule has 48 heavy (non-hydrogen) atoms. The summed E-state index contributed by atoms with van der Waals surface area (Å²) in [6.07, 6.45) is 3.83. The minimum atomic E-state index is -1.34. The molecule has 0 aromatic heterocycles. The Balaban J connectivity index is 1.13. The van der Waals surface area contributed by atoms with Gasteiger partial charge in [-0.3, -0.25) is 29.0 Å². The summed E-state index contributed by atoms with van der Waals surface area (Å²) in [6, 6.07) is 23.0. The van der Waals surface area contributed by atoms with Crippen molar-refractivity contribution in [2.24, 2.45) is 29.1 Å². The van der Waals surface area contributed by atoms with Crippen LogP contribution in [0, 0.1) is 34.9 Å². The number of nitrogens with zero attached hydrogens (tertiary/aromatic N) is 3. The highest BCUT2D eigenvalue weighted by molar-refractivity contribution is 6.24. The van der Waals surface area contributed by atoms with E-state index in [0.717, 1.165) is 31.3 Å². The number of carbonyl (C=O) groups excluding carboxylic acids is 4. The number of fused-ring (bicyclic) bond motifs is 4. The highest BCUT2D eigenvalue weighted by atomic mass is 19.1. The molecule has 3 aromatic carbocycles. The molecule has 8 rings (SSSR count). The summed E-state index contributed by atoms with van der Waals surface area (Å²) in [5.74, 6) is -6.02. The molecule has 0 bridgehead atoms. The number of carbonyl (C=O) groups is 4. The standard InChI is InChI=1S/C39H38FN3O5/c1-39-30(36(46)43(38(39)48)24-11-6-3-7-12-24)21-29-26(33(39)28-13-8-14-31(40)34(28)44)15-16-27-32(29)37(47)42(35(27)45)25-17-19-41(20-18-25)22-23-9-4-2-5-10-23/h2-15,25,27,29-30,32-33,44H,16-22H2,1H3. The predicted molar refractivity (Wildman–Crippen MR) is 176 cm³/mol. The van der Waals surface area contributed by atoms with Crippen LogP contribution in [0.1, 0.15) is 49.7 Å². The van der Waals surface area contributed by atoms with Crippen LogP contribution in [0.2, 0.25) is 0 Å². The fraction of sp³-hybridized carbons (Fsp3) is 0.385. The molecule has 5 aliphatic rings. The number of amides is 4. The number of halogens is 1. The fourth-order valence-corrected chi connectivity index (χ4v) is 9.51. The number of hydrogen-bond acceptors (Lipinski definition) is 6. The van der Waals surface area contributed by atoms with Gasteiger partial charge in [-0.2, -0.15) is 0 Å². The number of likely N-dealkylation sites (tertiary alicyclic amines) is 2. The Labute approximate surface area is 278 Å². The average molecular weight is 648 g/mol. The molecule has 3 aromatic rings. The van der Waals surface area contributed by atoms with Gasteiger partial charge in [0.1, 0.15) is 0 Å². The van der Waals surface area contributed by atoms with Gasteiger partial charge in [-0.05, 0) is 62.3 Å². The van der Waals surface area contributed by atoms with Crippen molar-refractivity contribution in [1.29, 1.82) is 0 Å². The van der Waals surface area contributed by atoms with Crippen LogP contribution in [0.5, 0.6) is 5.75 Å². The average Bonchev–Trinajstić information content (AvgIpc) is 3.47. The number of piperidine rings is 1. The van der Waals surface area contributed by atoms with Crippen molar-refractivity contribution in [3.63, 3.8) is 0 Å². The number of benzene rings is 3. The van der Waals surface area contributed by atoms with Crippen LogP contribution in [0.25, 0.3) is 0 Å². The van der Waals surface area contributed by atoms with Crippen LogP contribution >= 0.6 is 0 Å². The van der Waals surface area contributed by atoms with Gasteiger partial charge in [-0.15, -0.1) is 0 Å². The first kappa shape index (κ1) is 30.7. The molecule has 3 saturated heterocycles. The highest BCUT2D eigenvalue weighted by Crippen LogP contribution is 2.64. The van der Waals surface area contributed by atoms with E-state index in [4.69, 9.17) is 0 Å². The van der Waals surface area contributed by atoms with E-state index in [1.165, 1.54) is 21.4 Å². The van der Waals surface area contributed by atoms with E-state index in [-0.39, 0.29) is 35.7 Å². The number of hydrogen-bond donors (Lipinski definition) is 1. The highest BCUT2D eigenvalue weighted by Gasteiger charge is 2.68. The molecule has 0 radical (unpaired) electrons. The van der Waals surface area contributed by atoms with Gasteiger partial charge >= 0.3 is 0 Å². The van der Waals surface area contributed by atoms with Crippen LogP contribution in [0.3, 0.4) is 0 Å². The van der Waals surface area contributed by atoms with E-state index in [0.29, 0.717) is 24.9 Å². The fourth-order valence-electron chi connectivity index (χ4n) is 9.51. The van der Waals surface area contributed by atoms with Gasteiger partial charge in [-0.1, -0.05) is 72.3 Å². The van der Waals surface area contributed by atoms with E-state index < -0.39 is 52.5 Å². The monoisotopic (exact) mass is 647 g/mol. The molecular formula is C39H38FN3O5. The molecule has 8 nitrogen and oxygen atoms in total. The van der Waals surface area contributed by atoms with Crippen molar-refractivity contribution in [1.82, 2.24) is 9.80 Å².